The van der Waals surface area contributed by atoms with Gasteiger partial charge in [0.15, 0.2) is 5.13 Å². The van der Waals surface area contributed by atoms with E-state index in [1.807, 2.05) is 18.2 Å². The van der Waals surface area contributed by atoms with Gasteiger partial charge in [0.1, 0.15) is 11.6 Å². The van der Waals surface area contributed by atoms with Gasteiger partial charge < -0.3 is 9.64 Å². The Balaban J connectivity index is 1.79. The molecule has 28 heavy (non-hydrogen) atoms. The van der Waals surface area contributed by atoms with Crippen LogP contribution in [0.2, 0.25) is 0 Å². The van der Waals surface area contributed by atoms with E-state index < -0.39 is 0 Å². The number of thiazole rings is 1. The van der Waals surface area contributed by atoms with Crippen molar-refractivity contribution in [2.75, 3.05) is 44.9 Å². The number of hydrogen-bond donors (Lipinski definition) is 1. The van der Waals surface area contributed by atoms with Crippen LogP contribution in [0.3, 0.4) is 0 Å². The van der Waals surface area contributed by atoms with Crippen molar-refractivity contribution in [3.8, 4) is 5.75 Å². The summed E-state index contributed by atoms with van der Waals surface area (Å²) in [5, 5.41) is 0.689. The van der Waals surface area contributed by atoms with Crippen molar-refractivity contribution in [2.45, 2.75) is 4.90 Å². The number of amides is 1. The number of aromatic nitrogens is 1. The standard InChI is InChI=1S/C20H22FN3O2S2/c1-23(2)10-11-24(19(25)13-27-16-7-4-14(21)5-8-16)20-22-17-9-6-15(26-3)12-18(17)28-20/h4-9,12H,10-11,13H2,1-3H3/p+1. The van der Waals surface area contributed by atoms with E-state index in [-0.39, 0.29) is 17.5 Å². The van der Waals surface area contributed by atoms with Crippen LogP contribution in [0, 0.1) is 5.82 Å². The van der Waals surface area contributed by atoms with E-state index in [4.69, 9.17) is 4.74 Å². The van der Waals surface area contributed by atoms with Gasteiger partial charge in [-0.05, 0) is 42.5 Å². The lowest BCUT2D eigenvalue weighted by Gasteiger charge is -2.20. The number of fused-ring (bicyclic) bond motifs is 1. The molecular weight excluding hydrogens is 397 g/mol. The van der Waals surface area contributed by atoms with Gasteiger partial charge in [0.2, 0.25) is 5.91 Å². The van der Waals surface area contributed by atoms with Crippen LogP contribution >= 0.6 is 23.1 Å². The highest BCUT2D eigenvalue weighted by atomic mass is 32.2. The highest BCUT2D eigenvalue weighted by Gasteiger charge is 2.21. The van der Waals surface area contributed by atoms with Crippen molar-refractivity contribution in [3.05, 3.63) is 48.3 Å². The Morgan fingerprint density at radius 1 is 1.25 bits per heavy atom. The second kappa shape index (κ2) is 9.36. The summed E-state index contributed by atoms with van der Waals surface area (Å²) in [5.74, 6) is 0.746. The van der Waals surface area contributed by atoms with Crippen molar-refractivity contribution in [1.82, 2.24) is 4.98 Å². The van der Waals surface area contributed by atoms with Crippen molar-refractivity contribution in [1.29, 1.82) is 0 Å². The molecule has 3 rings (SSSR count). The smallest absolute Gasteiger partial charge is 0.239 e. The SMILES string of the molecule is COc1ccc2nc(N(CC[NH+](C)C)C(=O)CSc3ccc(F)cc3)sc2c1. The quantitative estimate of drug-likeness (QED) is 0.570. The minimum absolute atomic E-state index is 0.0124. The third-order valence-corrected chi connectivity index (χ3v) is 6.17. The van der Waals surface area contributed by atoms with Gasteiger partial charge in [-0.15, -0.1) is 11.8 Å². The van der Waals surface area contributed by atoms with E-state index in [0.29, 0.717) is 11.7 Å². The number of thioether (sulfide) groups is 1. The molecule has 0 bridgehead atoms. The van der Waals surface area contributed by atoms with Gasteiger partial charge in [-0.1, -0.05) is 11.3 Å². The number of nitrogens with one attached hydrogen (secondary N) is 1. The molecule has 0 spiro atoms. The number of benzene rings is 2. The maximum absolute atomic E-state index is 13.1. The lowest BCUT2D eigenvalue weighted by Crippen LogP contribution is -3.06. The molecule has 1 heterocycles. The zero-order chi connectivity index (χ0) is 20.1. The maximum Gasteiger partial charge on any atom is 0.239 e. The molecule has 8 heteroatoms. The minimum Gasteiger partial charge on any atom is -0.497 e. The first-order valence-electron chi connectivity index (χ1n) is 8.88. The second-order valence-electron chi connectivity index (χ2n) is 6.58. The van der Waals surface area contributed by atoms with Gasteiger partial charge in [-0.25, -0.2) is 9.37 Å². The topological polar surface area (TPSA) is 46.9 Å². The number of rotatable bonds is 8. The highest BCUT2D eigenvalue weighted by molar-refractivity contribution is 8.00. The molecule has 0 fully saturated rings. The van der Waals surface area contributed by atoms with Gasteiger partial charge in [0.05, 0.1) is 50.3 Å². The zero-order valence-corrected chi connectivity index (χ0v) is 17.7. The summed E-state index contributed by atoms with van der Waals surface area (Å²) in [6, 6.07) is 11.9. The average molecular weight is 421 g/mol. The number of carbonyl (C=O) groups excluding carboxylic acids is 1. The molecular formula is C20H23FN3O2S2+. The van der Waals surface area contributed by atoms with Crippen molar-refractivity contribution < 1.29 is 18.8 Å². The Labute approximate surface area is 172 Å². The summed E-state index contributed by atoms with van der Waals surface area (Å²) in [5.41, 5.74) is 0.849. The molecule has 0 aliphatic rings. The molecule has 0 saturated heterocycles. The number of ether oxygens (including phenoxy) is 1. The molecule has 0 radical (unpaired) electrons. The lowest BCUT2D eigenvalue weighted by atomic mass is 10.3. The van der Waals surface area contributed by atoms with Gasteiger partial charge in [0, 0.05) is 4.90 Å². The van der Waals surface area contributed by atoms with Crippen molar-refractivity contribution in [2.24, 2.45) is 0 Å². The van der Waals surface area contributed by atoms with E-state index >= 15 is 0 Å². The minimum atomic E-state index is -0.281. The first-order chi connectivity index (χ1) is 13.5. The highest BCUT2D eigenvalue weighted by Crippen LogP contribution is 2.32. The van der Waals surface area contributed by atoms with Crippen LogP contribution in [0.1, 0.15) is 0 Å². The monoisotopic (exact) mass is 420 g/mol. The molecule has 0 aliphatic heterocycles. The number of quaternary nitrogens is 1. The molecule has 0 atom stereocenters. The number of nitrogens with zero attached hydrogens (tertiary/aromatic N) is 2. The zero-order valence-electron chi connectivity index (χ0n) is 16.1. The molecule has 148 valence electrons. The number of anilines is 1. The fourth-order valence-corrected chi connectivity index (χ4v) is 4.36. The molecule has 0 aliphatic carbocycles. The largest absolute Gasteiger partial charge is 0.497 e. The number of hydrogen-bond acceptors (Lipinski definition) is 5. The summed E-state index contributed by atoms with van der Waals surface area (Å²) >= 11 is 2.88. The van der Waals surface area contributed by atoms with Gasteiger partial charge in [-0.3, -0.25) is 9.69 Å². The number of carbonyl (C=O) groups is 1. The number of likely N-dealkylation sites (N-methyl/N-ethyl adjacent to an activating group) is 1. The Kier molecular flexibility index (Phi) is 6.88. The van der Waals surface area contributed by atoms with Crippen LogP contribution in [-0.2, 0) is 4.79 Å². The maximum atomic E-state index is 13.1. The first-order valence-corrected chi connectivity index (χ1v) is 10.7. The molecule has 1 aromatic heterocycles. The van der Waals surface area contributed by atoms with Crippen LogP contribution in [0.5, 0.6) is 5.75 Å². The van der Waals surface area contributed by atoms with Gasteiger partial charge in [-0.2, -0.15) is 0 Å². The molecule has 3 aromatic rings. The third kappa shape index (κ3) is 5.21. The normalized spacial score (nSPS) is 11.2. The molecule has 2 aromatic carbocycles. The van der Waals surface area contributed by atoms with Crippen LogP contribution in [0.25, 0.3) is 10.2 Å². The molecule has 5 nitrogen and oxygen atoms in total. The van der Waals surface area contributed by atoms with E-state index in [1.54, 1.807) is 24.1 Å². The van der Waals surface area contributed by atoms with E-state index in [2.05, 4.69) is 19.1 Å². The van der Waals surface area contributed by atoms with E-state index in [9.17, 15) is 9.18 Å². The summed E-state index contributed by atoms with van der Waals surface area (Å²) in [6.07, 6.45) is 0. The van der Waals surface area contributed by atoms with Gasteiger partial charge in [0.25, 0.3) is 0 Å². The van der Waals surface area contributed by atoms with Gasteiger partial charge >= 0.3 is 0 Å². The van der Waals surface area contributed by atoms with Crippen molar-refractivity contribution >= 4 is 44.4 Å². The molecule has 0 unspecified atom stereocenters. The second-order valence-corrected chi connectivity index (χ2v) is 8.63. The Hall–Kier alpha value is -2.16. The van der Waals surface area contributed by atoms with Crippen LogP contribution in [0.15, 0.2) is 47.4 Å². The van der Waals surface area contributed by atoms with Crippen LogP contribution in [-0.4, -0.2) is 50.9 Å². The summed E-state index contributed by atoms with van der Waals surface area (Å²) < 4.78 is 19.3. The number of halogens is 1. The first kappa shape index (κ1) is 20.6. The lowest BCUT2D eigenvalue weighted by molar-refractivity contribution is -0.856. The summed E-state index contributed by atoms with van der Waals surface area (Å²) in [4.78, 5) is 21.5. The summed E-state index contributed by atoms with van der Waals surface area (Å²) in [7, 11) is 5.74. The third-order valence-electron chi connectivity index (χ3n) is 4.13. The predicted octanol–water partition coefficient (Wildman–Crippen LogP) is 2.71. The molecule has 1 amide bonds. The Morgan fingerprint density at radius 3 is 2.68 bits per heavy atom. The molecule has 1 N–H and O–H groups in total. The Morgan fingerprint density at radius 2 is 2.00 bits per heavy atom. The van der Waals surface area contributed by atoms with E-state index in [1.165, 1.54) is 40.1 Å². The van der Waals surface area contributed by atoms with Crippen LogP contribution < -0.4 is 14.5 Å². The average Bonchev–Trinajstić information content (AvgIpc) is 3.10. The fraction of sp³-hybridized carbons (Fsp3) is 0.300. The predicted molar refractivity (Wildman–Crippen MR) is 113 cm³/mol. The van der Waals surface area contributed by atoms with Crippen molar-refractivity contribution in [3.63, 3.8) is 0 Å². The van der Waals surface area contributed by atoms with Crippen LogP contribution in [0.4, 0.5) is 9.52 Å². The Bertz CT molecular complexity index is 944. The fourth-order valence-electron chi connectivity index (χ4n) is 2.55. The molecule has 0 saturated carbocycles. The summed E-state index contributed by atoms with van der Waals surface area (Å²) in [6.45, 7) is 1.40. The van der Waals surface area contributed by atoms with E-state index in [0.717, 1.165) is 27.4 Å². The number of methoxy groups -OCH3 is 1.